The zero-order valence-corrected chi connectivity index (χ0v) is 19.4. The summed E-state index contributed by atoms with van der Waals surface area (Å²) in [5.74, 6) is -1.18. The van der Waals surface area contributed by atoms with Gasteiger partial charge in [-0.25, -0.2) is 18.7 Å². The summed E-state index contributed by atoms with van der Waals surface area (Å²) in [6, 6.07) is 8.80. The molecule has 3 heterocycles. The molecule has 1 atom stereocenters. The molecule has 0 bridgehead atoms. The topological polar surface area (TPSA) is 67.3 Å². The van der Waals surface area contributed by atoms with Crippen LogP contribution in [0.1, 0.15) is 43.3 Å². The molecule has 0 fully saturated rings. The highest BCUT2D eigenvalue weighted by molar-refractivity contribution is 6.01. The van der Waals surface area contributed by atoms with Crippen molar-refractivity contribution in [2.24, 2.45) is 0 Å². The lowest BCUT2D eigenvalue weighted by Crippen LogP contribution is -2.48. The predicted octanol–water partition coefficient (Wildman–Crippen LogP) is 4.18. The quantitative estimate of drug-likeness (QED) is 0.628. The third-order valence-electron chi connectivity index (χ3n) is 6.27. The molecule has 2 aliphatic rings. The number of nitrogens with zero attached hydrogens (tertiary/aromatic N) is 3. The summed E-state index contributed by atoms with van der Waals surface area (Å²) in [4.78, 5) is 22.8. The molecule has 0 aliphatic carbocycles. The SMILES string of the molecule is CC1Oc2c(F)cc(-c3nc(Cc4ccc5c(c4)CCNC5)ncc3F)cc2N(C(C)C)C1=O. The Bertz CT molecular complexity index is 1280. The lowest BCUT2D eigenvalue weighted by atomic mass is 9.97. The lowest BCUT2D eigenvalue weighted by molar-refractivity contribution is -0.126. The molecule has 0 spiro atoms. The largest absolute Gasteiger partial charge is 0.476 e. The summed E-state index contributed by atoms with van der Waals surface area (Å²) in [7, 11) is 0. The fraction of sp³-hybridized carbons (Fsp3) is 0.346. The van der Waals surface area contributed by atoms with Crippen molar-refractivity contribution < 1.29 is 18.3 Å². The highest BCUT2D eigenvalue weighted by Gasteiger charge is 2.35. The second-order valence-corrected chi connectivity index (χ2v) is 9.06. The molecular weight excluding hydrogens is 438 g/mol. The molecule has 2 aliphatic heterocycles. The summed E-state index contributed by atoms with van der Waals surface area (Å²) in [6.45, 7) is 7.05. The summed E-state index contributed by atoms with van der Waals surface area (Å²) in [6.07, 6.45) is 1.70. The Labute approximate surface area is 197 Å². The van der Waals surface area contributed by atoms with Gasteiger partial charge < -0.3 is 15.0 Å². The molecular formula is C26H26F2N4O2. The smallest absolute Gasteiger partial charge is 0.268 e. The molecule has 1 amide bonds. The van der Waals surface area contributed by atoms with Crippen LogP contribution in [0.4, 0.5) is 14.5 Å². The molecule has 1 aromatic heterocycles. The van der Waals surface area contributed by atoms with Crippen LogP contribution < -0.4 is 15.0 Å². The van der Waals surface area contributed by atoms with Crippen LogP contribution in [0.15, 0.2) is 36.5 Å². The van der Waals surface area contributed by atoms with E-state index in [1.54, 1.807) is 13.0 Å². The molecule has 176 valence electrons. The first-order valence-electron chi connectivity index (χ1n) is 11.5. The number of amides is 1. The maximum Gasteiger partial charge on any atom is 0.268 e. The van der Waals surface area contributed by atoms with Gasteiger partial charge in [0.1, 0.15) is 11.5 Å². The third kappa shape index (κ3) is 4.03. The van der Waals surface area contributed by atoms with E-state index in [0.717, 1.165) is 31.3 Å². The van der Waals surface area contributed by atoms with Gasteiger partial charge in [-0.05, 0) is 62.6 Å². The minimum atomic E-state index is -0.801. The first-order valence-corrected chi connectivity index (χ1v) is 11.5. The monoisotopic (exact) mass is 464 g/mol. The van der Waals surface area contributed by atoms with Crippen molar-refractivity contribution in [3.63, 3.8) is 0 Å². The van der Waals surface area contributed by atoms with Crippen molar-refractivity contribution in [1.29, 1.82) is 0 Å². The number of hydrogen-bond donors (Lipinski definition) is 1. The fourth-order valence-electron chi connectivity index (χ4n) is 4.60. The van der Waals surface area contributed by atoms with Gasteiger partial charge in [-0.15, -0.1) is 0 Å². The summed E-state index contributed by atoms with van der Waals surface area (Å²) >= 11 is 0. The highest BCUT2D eigenvalue weighted by Crippen LogP contribution is 2.41. The summed E-state index contributed by atoms with van der Waals surface area (Å²) in [5.41, 5.74) is 4.10. The van der Waals surface area contributed by atoms with E-state index in [-0.39, 0.29) is 34.6 Å². The van der Waals surface area contributed by atoms with Crippen LogP contribution in [0.3, 0.4) is 0 Å². The average molecular weight is 465 g/mol. The van der Waals surface area contributed by atoms with Gasteiger partial charge in [-0.2, -0.15) is 0 Å². The van der Waals surface area contributed by atoms with Crippen LogP contribution in [-0.2, 0) is 24.2 Å². The second-order valence-electron chi connectivity index (χ2n) is 9.06. The third-order valence-corrected chi connectivity index (χ3v) is 6.27. The maximum absolute atomic E-state index is 15.1. The van der Waals surface area contributed by atoms with E-state index < -0.39 is 17.7 Å². The molecule has 0 saturated heterocycles. The molecule has 8 heteroatoms. The van der Waals surface area contributed by atoms with E-state index in [1.165, 1.54) is 22.1 Å². The van der Waals surface area contributed by atoms with Crippen LogP contribution >= 0.6 is 0 Å². The highest BCUT2D eigenvalue weighted by atomic mass is 19.1. The molecule has 3 aromatic rings. The number of ether oxygens (including phenoxy) is 1. The Balaban J connectivity index is 1.52. The Hall–Kier alpha value is -3.39. The minimum Gasteiger partial charge on any atom is -0.476 e. The van der Waals surface area contributed by atoms with Gasteiger partial charge in [0.15, 0.2) is 23.5 Å². The zero-order chi connectivity index (χ0) is 24.0. The van der Waals surface area contributed by atoms with Gasteiger partial charge in [0.25, 0.3) is 5.91 Å². The van der Waals surface area contributed by atoms with E-state index >= 15 is 4.39 Å². The van der Waals surface area contributed by atoms with Gasteiger partial charge in [0.2, 0.25) is 0 Å². The van der Waals surface area contributed by atoms with Crippen molar-refractivity contribution in [2.75, 3.05) is 11.4 Å². The molecule has 0 saturated carbocycles. The van der Waals surface area contributed by atoms with Crippen molar-refractivity contribution in [2.45, 2.75) is 52.3 Å². The fourth-order valence-corrected chi connectivity index (χ4v) is 4.60. The number of aromatic nitrogens is 2. The average Bonchev–Trinajstić information content (AvgIpc) is 2.81. The van der Waals surface area contributed by atoms with E-state index in [1.807, 2.05) is 19.9 Å². The minimum absolute atomic E-state index is 0.0105. The first kappa shape index (κ1) is 22.4. The number of anilines is 1. The van der Waals surface area contributed by atoms with E-state index in [2.05, 4.69) is 27.4 Å². The number of rotatable bonds is 4. The Morgan fingerprint density at radius 3 is 2.79 bits per heavy atom. The van der Waals surface area contributed by atoms with Crippen LogP contribution in [0, 0.1) is 11.6 Å². The molecule has 5 rings (SSSR count). The van der Waals surface area contributed by atoms with Gasteiger partial charge in [-0.1, -0.05) is 18.2 Å². The zero-order valence-electron chi connectivity index (χ0n) is 19.4. The number of carbonyl (C=O) groups is 1. The number of hydrogen-bond acceptors (Lipinski definition) is 5. The Morgan fingerprint density at radius 1 is 1.18 bits per heavy atom. The molecule has 1 unspecified atom stereocenters. The van der Waals surface area contributed by atoms with Crippen molar-refractivity contribution in [1.82, 2.24) is 15.3 Å². The molecule has 1 N–H and O–H groups in total. The predicted molar refractivity (Wildman–Crippen MR) is 125 cm³/mol. The van der Waals surface area contributed by atoms with E-state index in [4.69, 9.17) is 4.74 Å². The number of carbonyl (C=O) groups excluding carboxylic acids is 1. The van der Waals surface area contributed by atoms with Crippen LogP contribution in [0.2, 0.25) is 0 Å². The van der Waals surface area contributed by atoms with Crippen molar-refractivity contribution in [3.8, 4) is 17.0 Å². The second kappa shape index (κ2) is 8.76. The number of halogens is 2. The molecule has 0 radical (unpaired) electrons. The van der Waals surface area contributed by atoms with E-state index in [9.17, 15) is 9.18 Å². The summed E-state index contributed by atoms with van der Waals surface area (Å²) < 4.78 is 35.4. The number of benzene rings is 2. The van der Waals surface area contributed by atoms with Crippen LogP contribution in [0.5, 0.6) is 5.75 Å². The summed E-state index contributed by atoms with van der Waals surface area (Å²) in [5, 5.41) is 3.35. The Kier molecular flexibility index (Phi) is 5.77. The number of fused-ring (bicyclic) bond motifs is 2. The van der Waals surface area contributed by atoms with E-state index in [0.29, 0.717) is 12.2 Å². The van der Waals surface area contributed by atoms with Gasteiger partial charge >= 0.3 is 0 Å². The number of nitrogens with one attached hydrogen (secondary N) is 1. The molecule has 34 heavy (non-hydrogen) atoms. The van der Waals surface area contributed by atoms with Crippen molar-refractivity contribution >= 4 is 11.6 Å². The van der Waals surface area contributed by atoms with Gasteiger partial charge in [-0.3, -0.25) is 4.79 Å². The van der Waals surface area contributed by atoms with Crippen LogP contribution in [-0.4, -0.2) is 34.6 Å². The van der Waals surface area contributed by atoms with Crippen LogP contribution in [0.25, 0.3) is 11.3 Å². The lowest BCUT2D eigenvalue weighted by Gasteiger charge is -2.36. The first-order chi connectivity index (χ1) is 16.3. The van der Waals surface area contributed by atoms with Gasteiger partial charge in [0.05, 0.1) is 11.9 Å². The maximum atomic E-state index is 15.1. The standard InChI is InChI=1S/C26H26F2N4O2/c1-14(2)32-22-11-19(10-20(27)25(22)34-15(3)26(32)33)24-21(28)13-30-23(31-24)9-16-4-5-18-12-29-7-6-17(18)8-16/h4-5,8,10-11,13-15,29H,6-7,9,12H2,1-3H3. The Morgan fingerprint density at radius 2 is 2.00 bits per heavy atom. The molecule has 6 nitrogen and oxygen atoms in total. The van der Waals surface area contributed by atoms with Crippen molar-refractivity contribution in [3.05, 3.63) is 70.7 Å². The van der Waals surface area contributed by atoms with Gasteiger partial charge in [0, 0.05) is 24.6 Å². The molecule has 2 aromatic carbocycles. The normalized spacial score (nSPS) is 17.4.